The van der Waals surface area contributed by atoms with Gasteiger partial charge in [0, 0.05) is 27.3 Å². The number of methoxy groups -OCH3 is 1. The zero-order valence-electron chi connectivity index (χ0n) is 26.6. The smallest absolute Gasteiger partial charge is 0.258 e. The SMILES string of the molecule is COc1c(O[Si](C(C)C)(C(C)C)C(C)C)ccc2c1-c1ccc3c(c1/C(=C/c1sccc1CO)O2)C(C)=CC(C)(C)N3. The first-order valence-electron chi connectivity index (χ1n) is 15.0. The summed E-state index contributed by atoms with van der Waals surface area (Å²) in [5, 5.41) is 15.7. The molecule has 0 amide bonds. The predicted molar refractivity (Wildman–Crippen MR) is 180 cm³/mol. The molecule has 42 heavy (non-hydrogen) atoms. The zero-order valence-corrected chi connectivity index (χ0v) is 28.5. The lowest BCUT2D eigenvalue weighted by Gasteiger charge is -2.42. The Morgan fingerprint density at radius 1 is 0.976 bits per heavy atom. The summed E-state index contributed by atoms with van der Waals surface area (Å²) in [6.45, 7) is 20.3. The van der Waals surface area contributed by atoms with Crippen molar-refractivity contribution in [1.82, 2.24) is 0 Å². The summed E-state index contributed by atoms with van der Waals surface area (Å²) in [5.41, 5.74) is 8.36. The van der Waals surface area contributed by atoms with Crippen LogP contribution in [-0.4, -0.2) is 26.1 Å². The number of ether oxygens (including phenoxy) is 2. The second kappa shape index (κ2) is 11.2. The highest BCUT2D eigenvalue weighted by atomic mass is 32.1. The normalized spacial score (nSPS) is 16.5. The Bertz CT molecular complexity index is 1540. The maximum Gasteiger partial charge on any atom is 0.258 e. The Morgan fingerprint density at radius 2 is 1.67 bits per heavy atom. The number of hydrogen-bond donors (Lipinski definition) is 2. The van der Waals surface area contributed by atoms with Gasteiger partial charge in [0.05, 0.1) is 24.8 Å². The Labute approximate surface area is 256 Å². The number of nitrogens with one attached hydrogen (secondary N) is 1. The Kier molecular flexibility index (Phi) is 8.16. The van der Waals surface area contributed by atoms with E-state index in [9.17, 15) is 5.11 Å². The van der Waals surface area contributed by atoms with Gasteiger partial charge in [-0.1, -0.05) is 53.7 Å². The fraction of sp³-hybridized carbons (Fsp3) is 0.429. The summed E-state index contributed by atoms with van der Waals surface area (Å²) in [6, 6.07) is 10.4. The molecule has 1 aromatic heterocycles. The van der Waals surface area contributed by atoms with Crippen LogP contribution in [-0.2, 0) is 6.61 Å². The highest BCUT2D eigenvalue weighted by Gasteiger charge is 2.48. The molecule has 0 radical (unpaired) electrons. The maximum atomic E-state index is 9.98. The van der Waals surface area contributed by atoms with Crippen molar-refractivity contribution in [2.45, 2.75) is 91.1 Å². The lowest BCUT2D eigenvalue weighted by Crippen LogP contribution is -2.50. The average Bonchev–Trinajstić information content (AvgIpc) is 3.36. The number of aliphatic hydroxyl groups excluding tert-OH is 1. The molecule has 0 fully saturated rings. The van der Waals surface area contributed by atoms with Gasteiger partial charge in [-0.05, 0) is 84.3 Å². The third-order valence-electron chi connectivity index (χ3n) is 8.86. The molecule has 3 aromatic rings. The van der Waals surface area contributed by atoms with Crippen molar-refractivity contribution in [2.24, 2.45) is 0 Å². The second-order valence-corrected chi connectivity index (χ2v) is 19.4. The maximum absolute atomic E-state index is 9.98. The van der Waals surface area contributed by atoms with E-state index in [0.29, 0.717) is 22.4 Å². The minimum absolute atomic E-state index is 0.0185. The van der Waals surface area contributed by atoms with Crippen LogP contribution in [0.15, 0.2) is 41.8 Å². The number of aliphatic hydroxyl groups is 1. The van der Waals surface area contributed by atoms with Crippen molar-refractivity contribution in [2.75, 3.05) is 12.4 Å². The van der Waals surface area contributed by atoms with Crippen molar-refractivity contribution >= 4 is 42.7 Å². The fourth-order valence-electron chi connectivity index (χ4n) is 7.28. The molecule has 0 atom stereocenters. The van der Waals surface area contributed by atoms with Crippen molar-refractivity contribution in [3.8, 4) is 28.4 Å². The Hall–Kier alpha value is -3.00. The van der Waals surface area contributed by atoms with Crippen molar-refractivity contribution < 1.29 is 19.0 Å². The van der Waals surface area contributed by atoms with Gasteiger partial charge in [0.25, 0.3) is 8.32 Å². The molecule has 0 unspecified atom stereocenters. The van der Waals surface area contributed by atoms with E-state index in [0.717, 1.165) is 55.6 Å². The van der Waals surface area contributed by atoms with Gasteiger partial charge in [-0.25, -0.2) is 0 Å². The van der Waals surface area contributed by atoms with Crippen LogP contribution in [0.4, 0.5) is 5.69 Å². The van der Waals surface area contributed by atoms with E-state index in [1.165, 1.54) is 5.57 Å². The monoisotopic (exact) mass is 603 g/mol. The number of benzene rings is 2. The van der Waals surface area contributed by atoms with Crippen LogP contribution in [0.2, 0.25) is 16.6 Å². The van der Waals surface area contributed by atoms with Crippen LogP contribution in [0.5, 0.6) is 17.2 Å². The van der Waals surface area contributed by atoms with Gasteiger partial charge in [0.1, 0.15) is 17.3 Å². The summed E-state index contributed by atoms with van der Waals surface area (Å²) in [6.07, 6.45) is 4.34. The molecule has 0 spiro atoms. The van der Waals surface area contributed by atoms with E-state index in [2.05, 4.69) is 91.9 Å². The summed E-state index contributed by atoms with van der Waals surface area (Å²) in [7, 11) is -0.518. The quantitative estimate of drug-likeness (QED) is 0.251. The van der Waals surface area contributed by atoms with Crippen LogP contribution in [0, 0.1) is 0 Å². The van der Waals surface area contributed by atoms with E-state index in [1.54, 1.807) is 18.4 Å². The summed E-state index contributed by atoms with van der Waals surface area (Å²) < 4.78 is 20.2. The standard InChI is InChI=1S/C35H45NO4SSi/c1-20(2)42(21(3)4,22(5)6)40-28-14-13-27-33(34(28)38-10)25-11-12-26-31(23(7)18-35(8,9)36-26)32(25)29(39-27)17-30-24(19-37)15-16-41-30/h11-18,20-22,36-37H,19H2,1-10H3/b29-17-. The van der Waals surface area contributed by atoms with Crippen molar-refractivity contribution in [1.29, 1.82) is 0 Å². The minimum atomic E-state index is -2.24. The number of fused-ring (bicyclic) bond motifs is 5. The van der Waals surface area contributed by atoms with Crippen molar-refractivity contribution in [3.05, 3.63) is 63.4 Å². The fourth-order valence-corrected chi connectivity index (χ4v) is 13.4. The number of hydrogen-bond acceptors (Lipinski definition) is 6. The molecule has 0 saturated carbocycles. The molecule has 5 nitrogen and oxygen atoms in total. The van der Waals surface area contributed by atoms with Gasteiger partial charge in [-0.3, -0.25) is 0 Å². The topological polar surface area (TPSA) is 60.0 Å². The van der Waals surface area contributed by atoms with E-state index in [4.69, 9.17) is 13.9 Å². The zero-order chi connectivity index (χ0) is 30.6. The third kappa shape index (κ3) is 4.99. The van der Waals surface area contributed by atoms with Crippen LogP contribution in [0.3, 0.4) is 0 Å². The molecule has 2 aliphatic heterocycles. The number of thiophene rings is 1. The largest absolute Gasteiger partial charge is 0.540 e. The molecule has 2 aromatic carbocycles. The molecule has 3 heterocycles. The number of allylic oxidation sites excluding steroid dienone is 1. The molecule has 224 valence electrons. The van der Waals surface area contributed by atoms with E-state index < -0.39 is 8.32 Å². The lowest BCUT2D eigenvalue weighted by atomic mass is 9.83. The first-order valence-corrected chi connectivity index (χ1v) is 18.0. The van der Waals surface area contributed by atoms with E-state index in [1.807, 2.05) is 23.6 Å². The summed E-state index contributed by atoms with van der Waals surface area (Å²) in [4.78, 5) is 0.985. The molecule has 0 saturated heterocycles. The van der Waals surface area contributed by atoms with Gasteiger partial charge in [-0.15, -0.1) is 11.3 Å². The average molecular weight is 604 g/mol. The molecule has 2 N–H and O–H groups in total. The lowest BCUT2D eigenvalue weighted by molar-refractivity contribution is 0.282. The Balaban J connectivity index is 1.78. The van der Waals surface area contributed by atoms with Gasteiger partial charge >= 0.3 is 0 Å². The molecule has 5 rings (SSSR count). The molecular formula is C35H45NO4SSi. The predicted octanol–water partition coefficient (Wildman–Crippen LogP) is 9.97. The van der Waals surface area contributed by atoms with Gasteiger partial charge in [0.15, 0.2) is 5.75 Å². The third-order valence-corrected chi connectivity index (χ3v) is 15.8. The van der Waals surface area contributed by atoms with Crippen LogP contribution >= 0.6 is 11.3 Å². The van der Waals surface area contributed by atoms with Crippen LogP contribution in [0.1, 0.15) is 83.9 Å². The first-order chi connectivity index (χ1) is 19.8. The van der Waals surface area contributed by atoms with Gasteiger partial charge < -0.3 is 24.3 Å². The highest BCUT2D eigenvalue weighted by molar-refractivity contribution is 7.11. The molecule has 0 bridgehead atoms. The highest BCUT2D eigenvalue weighted by Crippen LogP contribution is 2.56. The van der Waals surface area contributed by atoms with Gasteiger partial charge in [-0.2, -0.15) is 0 Å². The van der Waals surface area contributed by atoms with Gasteiger partial charge in [0.2, 0.25) is 0 Å². The first kappa shape index (κ1) is 30.5. The molecular weight excluding hydrogens is 559 g/mol. The number of anilines is 1. The summed E-state index contributed by atoms with van der Waals surface area (Å²) in [5.74, 6) is 2.99. The molecule has 0 aliphatic carbocycles. The van der Waals surface area contributed by atoms with Crippen LogP contribution < -0.4 is 19.2 Å². The second-order valence-electron chi connectivity index (χ2n) is 13.1. The molecule has 7 heteroatoms. The minimum Gasteiger partial charge on any atom is -0.540 e. The van der Waals surface area contributed by atoms with E-state index >= 15 is 0 Å². The summed E-state index contributed by atoms with van der Waals surface area (Å²) >= 11 is 1.60. The van der Waals surface area contributed by atoms with Crippen LogP contribution in [0.25, 0.3) is 28.5 Å². The number of rotatable bonds is 8. The Morgan fingerprint density at radius 3 is 2.29 bits per heavy atom. The van der Waals surface area contributed by atoms with E-state index in [-0.39, 0.29) is 12.1 Å². The molecule has 2 aliphatic rings. The van der Waals surface area contributed by atoms with Crippen molar-refractivity contribution in [3.63, 3.8) is 0 Å².